The first-order valence-corrected chi connectivity index (χ1v) is 12.2. The van der Waals surface area contributed by atoms with Gasteiger partial charge in [0.05, 0.1) is 23.5 Å². The molecule has 1 N–H and O–H groups in total. The van der Waals surface area contributed by atoms with Crippen molar-refractivity contribution in [1.82, 2.24) is 9.55 Å². The number of halogens is 1. The Hall–Kier alpha value is -2.78. The van der Waals surface area contributed by atoms with Crippen molar-refractivity contribution in [3.63, 3.8) is 0 Å². The van der Waals surface area contributed by atoms with Gasteiger partial charge >= 0.3 is 0 Å². The number of anilines is 1. The minimum atomic E-state index is -0.470. The van der Waals surface area contributed by atoms with E-state index < -0.39 is 5.82 Å². The minimum Gasteiger partial charge on any atom is -0.489 e. The highest BCUT2D eigenvalue weighted by molar-refractivity contribution is 7.18. The lowest BCUT2D eigenvalue weighted by Crippen LogP contribution is -2.24. The van der Waals surface area contributed by atoms with Gasteiger partial charge in [0.25, 0.3) is 5.56 Å². The van der Waals surface area contributed by atoms with E-state index in [0.29, 0.717) is 17.7 Å². The van der Waals surface area contributed by atoms with Gasteiger partial charge in [0.2, 0.25) is 5.91 Å². The van der Waals surface area contributed by atoms with Crippen molar-refractivity contribution in [2.45, 2.75) is 57.6 Å². The second-order valence-corrected chi connectivity index (χ2v) is 9.60. The van der Waals surface area contributed by atoms with Gasteiger partial charge in [0.1, 0.15) is 23.0 Å². The zero-order valence-corrected chi connectivity index (χ0v) is 19.1. The highest BCUT2D eigenvalue weighted by Crippen LogP contribution is 2.33. The number of ether oxygens (including phenoxy) is 2. The summed E-state index contributed by atoms with van der Waals surface area (Å²) in [5.41, 5.74) is 1.30. The molecule has 7 nitrogen and oxygen atoms in total. The number of fused-ring (bicyclic) bond motifs is 3. The van der Waals surface area contributed by atoms with Gasteiger partial charge in [-0.15, -0.1) is 11.3 Å². The average Bonchev–Trinajstić information content (AvgIpc) is 3.46. The smallest absolute Gasteiger partial charge is 0.262 e. The van der Waals surface area contributed by atoms with E-state index in [9.17, 15) is 14.0 Å². The molecule has 2 aromatic heterocycles. The number of benzene rings is 1. The molecule has 1 fully saturated rings. The third-order valence-corrected chi connectivity index (χ3v) is 7.39. The molecular formula is C24H26FN3O4S. The summed E-state index contributed by atoms with van der Waals surface area (Å²) in [7, 11) is 0. The van der Waals surface area contributed by atoms with E-state index >= 15 is 0 Å². The van der Waals surface area contributed by atoms with E-state index in [1.165, 1.54) is 34.0 Å². The van der Waals surface area contributed by atoms with Crippen LogP contribution in [0, 0.1) is 5.82 Å². The van der Waals surface area contributed by atoms with Crippen LogP contribution in [0.5, 0.6) is 5.75 Å². The molecule has 1 saturated heterocycles. The van der Waals surface area contributed by atoms with E-state index in [1.54, 1.807) is 11.3 Å². The molecule has 1 aromatic carbocycles. The molecule has 1 aliphatic carbocycles. The summed E-state index contributed by atoms with van der Waals surface area (Å²) in [6.45, 7) is 1.26. The number of nitrogens with zero attached hydrogens (tertiary/aromatic N) is 2. The van der Waals surface area contributed by atoms with E-state index in [0.717, 1.165) is 55.5 Å². The van der Waals surface area contributed by atoms with Crippen molar-refractivity contribution < 1.29 is 18.7 Å². The number of carbonyl (C=O) groups excluding carboxylic acids is 1. The summed E-state index contributed by atoms with van der Waals surface area (Å²) in [4.78, 5) is 32.2. The monoisotopic (exact) mass is 471 g/mol. The predicted molar refractivity (Wildman–Crippen MR) is 125 cm³/mol. The van der Waals surface area contributed by atoms with Gasteiger partial charge in [0.15, 0.2) is 0 Å². The molecule has 2 aliphatic rings. The maximum absolute atomic E-state index is 13.8. The van der Waals surface area contributed by atoms with E-state index in [1.807, 2.05) is 0 Å². The van der Waals surface area contributed by atoms with Crippen LogP contribution < -0.4 is 15.6 Å². The Kier molecular flexibility index (Phi) is 6.41. The van der Waals surface area contributed by atoms with Crippen molar-refractivity contribution in [3.05, 3.63) is 51.1 Å². The van der Waals surface area contributed by atoms with Crippen LogP contribution in [0.25, 0.3) is 10.2 Å². The van der Waals surface area contributed by atoms with Gasteiger partial charge < -0.3 is 14.8 Å². The molecule has 174 valence electrons. The van der Waals surface area contributed by atoms with E-state index in [2.05, 4.69) is 10.3 Å². The van der Waals surface area contributed by atoms with Crippen molar-refractivity contribution >= 4 is 33.1 Å². The first kappa shape index (κ1) is 22.0. The number of carbonyl (C=O) groups is 1. The molecule has 0 spiro atoms. The molecule has 0 radical (unpaired) electrons. The molecule has 33 heavy (non-hydrogen) atoms. The number of hydrogen-bond donors (Lipinski definition) is 1. The predicted octanol–water partition coefficient (Wildman–Crippen LogP) is 4.06. The number of rotatable bonds is 7. The Morgan fingerprint density at radius 1 is 1.30 bits per heavy atom. The summed E-state index contributed by atoms with van der Waals surface area (Å²) >= 11 is 1.60. The molecule has 0 saturated carbocycles. The van der Waals surface area contributed by atoms with Gasteiger partial charge in [-0.25, -0.2) is 9.37 Å². The van der Waals surface area contributed by atoms with Crippen LogP contribution in [0.2, 0.25) is 0 Å². The van der Waals surface area contributed by atoms with Crippen LogP contribution in [0.1, 0.15) is 42.5 Å². The molecule has 1 aliphatic heterocycles. The molecular weight excluding hydrogens is 445 g/mol. The molecule has 1 unspecified atom stereocenters. The number of thiophene rings is 1. The third-order valence-electron chi connectivity index (χ3n) is 6.19. The fraction of sp³-hybridized carbons (Fsp3) is 0.458. The van der Waals surface area contributed by atoms with Gasteiger partial charge in [0, 0.05) is 30.5 Å². The fourth-order valence-electron chi connectivity index (χ4n) is 4.46. The normalized spacial score (nSPS) is 17.8. The van der Waals surface area contributed by atoms with E-state index in [4.69, 9.17) is 9.47 Å². The topological polar surface area (TPSA) is 82.5 Å². The Bertz CT molecular complexity index is 1230. The average molecular weight is 472 g/mol. The van der Waals surface area contributed by atoms with Gasteiger partial charge in [-0.05, 0) is 56.2 Å². The zero-order chi connectivity index (χ0) is 22.8. The first-order chi connectivity index (χ1) is 16.1. The lowest BCUT2D eigenvalue weighted by molar-refractivity contribution is -0.116. The molecule has 3 aromatic rings. The maximum Gasteiger partial charge on any atom is 0.262 e. The summed E-state index contributed by atoms with van der Waals surface area (Å²) < 4.78 is 26.6. The highest BCUT2D eigenvalue weighted by atomic mass is 32.1. The summed E-state index contributed by atoms with van der Waals surface area (Å²) in [6, 6.07) is 4.03. The zero-order valence-electron chi connectivity index (χ0n) is 18.3. The lowest BCUT2D eigenvalue weighted by atomic mass is 9.97. The third kappa shape index (κ3) is 4.79. The number of aryl methyl sites for hydroxylation is 3. The number of aromatic nitrogens is 2. The first-order valence-electron chi connectivity index (χ1n) is 11.4. The van der Waals surface area contributed by atoms with Crippen molar-refractivity contribution in [2.75, 3.05) is 18.5 Å². The maximum atomic E-state index is 13.8. The standard InChI is InChI=1S/C24H26FN3O4S/c25-15-7-8-19(32-13-16-4-3-11-31-16)18(12-15)27-21(29)9-10-28-14-26-23-22(24(28)30)17-5-1-2-6-20(17)33-23/h7-8,12,14,16H,1-6,9-11,13H2,(H,27,29). The molecule has 1 atom stereocenters. The SMILES string of the molecule is O=C(CCn1cnc2sc3c(c2c1=O)CCCC3)Nc1cc(F)ccc1OCC1CCCO1. The molecule has 0 bridgehead atoms. The van der Waals surface area contributed by atoms with Gasteiger partial charge in [-0.1, -0.05) is 0 Å². The number of amides is 1. The van der Waals surface area contributed by atoms with Crippen molar-refractivity contribution in [2.24, 2.45) is 0 Å². The van der Waals surface area contributed by atoms with Crippen LogP contribution in [0.4, 0.5) is 10.1 Å². The number of hydrogen-bond acceptors (Lipinski definition) is 6. The molecule has 9 heteroatoms. The Morgan fingerprint density at radius 2 is 2.18 bits per heavy atom. The Balaban J connectivity index is 1.26. The van der Waals surface area contributed by atoms with Crippen molar-refractivity contribution in [1.29, 1.82) is 0 Å². The second-order valence-electron chi connectivity index (χ2n) is 8.52. The van der Waals surface area contributed by atoms with Gasteiger partial charge in [-0.3, -0.25) is 14.2 Å². The fourth-order valence-corrected chi connectivity index (χ4v) is 5.68. The summed E-state index contributed by atoms with van der Waals surface area (Å²) in [5, 5.41) is 3.42. The second kappa shape index (κ2) is 9.61. The van der Waals surface area contributed by atoms with Crippen molar-refractivity contribution in [3.8, 4) is 5.75 Å². The highest BCUT2D eigenvalue weighted by Gasteiger charge is 2.21. The van der Waals surface area contributed by atoms with E-state index in [-0.39, 0.29) is 36.2 Å². The largest absolute Gasteiger partial charge is 0.489 e. The molecule has 3 heterocycles. The van der Waals surface area contributed by atoms with Crippen LogP contribution in [-0.2, 0) is 28.9 Å². The quantitative estimate of drug-likeness (QED) is 0.562. The summed E-state index contributed by atoms with van der Waals surface area (Å²) in [5.74, 6) is -0.407. The Labute approximate surface area is 194 Å². The van der Waals surface area contributed by atoms with Crippen LogP contribution in [-0.4, -0.2) is 34.8 Å². The minimum absolute atomic E-state index is 0.00995. The summed E-state index contributed by atoms with van der Waals surface area (Å²) in [6.07, 6.45) is 7.64. The van der Waals surface area contributed by atoms with Crippen LogP contribution in [0.15, 0.2) is 29.3 Å². The van der Waals surface area contributed by atoms with Gasteiger partial charge in [-0.2, -0.15) is 0 Å². The number of nitrogens with one attached hydrogen (secondary N) is 1. The van der Waals surface area contributed by atoms with Crippen LogP contribution >= 0.6 is 11.3 Å². The molecule has 5 rings (SSSR count). The van der Waals surface area contributed by atoms with Crippen LogP contribution in [0.3, 0.4) is 0 Å². The lowest BCUT2D eigenvalue weighted by Gasteiger charge is -2.15. The Morgan fingerprint density at radius 3 is 3.03 bits per heavy atom. The molecule has 1 amide bonds.